The van der Waals surface area contributed by atoms with E-state index in [0.717, 1.165) is 0 Å². The van der Waals surface area contributed by atoms with Crippen LogP contribution in [0.3, 0.4) is 0 Å². The largest absolute Gasteiger partial charge is 0.269 e. The summed E-state index contributed by atoms with van der Waals surface area (Å²) in [6.45, 7) is 7.63. The highest BCUT2D eigenvalue weighted by Crippen LogP contribution is 2.29. The Hall–Kier alpha value is -1.40. The maximum Gasteiger partial charge on any atom is 0.260 e. The van der Waals surface area contributed by atoms with Gasteiger partial charge in [0.2, 0.25) is 0 Å². The predicted octanol–water partition coefficient (Wildman–Crippen LogP) is 2.41. The Morgan fingerprint density at radius 3 is 2.65 bits per heavy atom. The molecule has 1 heterocycles. The Morgan fingerprint density at radius 2 is 2.15 bits per heavy atom. The molecule has 1 aliphatic rings. The van der Waals surface area contributed by atoms with Gasteiger partial charge in [-0.1, -0.05) is 18.2 Å². The highest BCUT2D eigenvalue weighted by molar-refractivity contribution is 7.89. The van der Waals surface area contributed by atoms with Crippen LogP contribution in [-0.4, -0.2) is 23.7 Å². The lowest BCUT2D eigenvalue weighted by Crippen LogP contribution is -2.46. The second-order valence-corrected chi connectivity index (χ2v) is 7.12. The minimum absolute atomic E-state index is 0.0709. The third-order valence-corrected chi connectivity index (χ3v) is 4.93. The van der Waals surface area contributed by atoms with Crippen molar-refractivity contribution in [2.75, 3.05) is 0 Å². The fourth-order valence-corrected chi connectivity index (χ4v) is 3.72. The van der Waals surface area contributed by atoms with Crippen molar-refractivity contribution in [3.05, 3.63) is 37.1 Å². The molecule has 0 atom stereocenters. The molecule has 20 heavy (non-hydrogen) atoms. The zero-order chi connectivity index (χ0) is 14.8. The molecule has 1 aliphatic carbocycles. The van der Waals surface area contributed by atoms with E-state index in [9.17, 15) is 8.42 Å². The van der Waals surface area contributed by atoms with Gasteiger partial charge < -0.3 is 0 Å². The van der Waals surface area contributed by atoms with Gasteiger partial charge in [-0.05, 0) is 39.2 Å². The number of aromatic nitrogens is 2. The zero-order valence-electron chi connectivity index (χ0n) is 11.9. The Balaban J connectivity index is 2.23. The van der Waals surface area contributed by atoms with E-state index >= 15 is 0 Å². The van der Waals surface area contributed by atoms with Crippen molar-refractivity contribution in [1.82, 2.24) is 14.5 Å². The van der Waals surface area contributed by atoms with Crippen molar-refractivity contribution in [1.29, 1.82) is 0 Å². The van der Waals surface area contributed by atoms with Crippen molar-refractivity contribution in [3.63, 3.8) is 0 Å². The molecule has 0 saturated carbocycles. The molecule has 0 fully saturated rings. The first kappa shape index (κ1) is 15.0. The van der Waals surface area contributed by atoms with Crippen LogP contribution in [0, 0.1) is 0 Å². The second-order valence-electron chi connectivity index (χ2n) is 5.49. The fourth-order valence-electron chi connectivity index (χ4n) is 2.36. The molecular weight excluding hydrogens is 274 g/mol. The van der Waals surface area contributed by atoms with Gasteiger partial charge in [-0.3, -0.25) is 4.68 Å². The summed E-state index contributed by atoms with van der Waals surface area (Å²) in [5.74, 6) is 0. The standard InChI is InChI=1S/C14H21N3O2S/c1-4-8-14(9-5-6-10-14)16-20(18,19)13-7-11-17(15-13)12(2)3/h4-7,11-12,16H,1,8-10H2,2-3H3. The summed E-state index contributed by atoms with van der Waals surface area (Å²) in [5, 5.41) is 4.21. The molecular formula is C14H21N3O2S. The molecule has 0 radical (unpaired) electrons. The average molecular weight is 295 g/mol. The van der Waals surface area contributed by atoms with E-state index in [1.54, 1.807) is 17.0 Å². The van der Waals surface area contributed by atoms with Gasteiger partial charge in [0.05, 0.1) is 0 Å². The van der Waals surface area contributed by atoms with Crippen molar-refractivity contribution in [3.8, 4) is 0 Å². The van der Waals surface area contributed by atoms with Gasteiger partial charge >= 0.3 is 0 Å². The molecule has 0 bridgehead atoms. The molecule has 110 valence electrons. The van der Waals surface area contributed by atoms with Crippen molar-refractivity contribution >= 4 is 10.0 Å². The van der Waals surface area contributed by atoms with E-state index < -0.39 is 15.6 Å². The summed E-state index contributed by atoms with van der Waals surface area (Å²) in [5.41, 5.74) is -0.484. The molecule has 0 saturated heterocycles. The zero-order valence-corrected chi connectivity index (χ0v) is 12.7. The summed E-state index contributed by atoms with van der Waals surface area (Å²) in [7, 11) is -3.61. The van der Waals surface area contributed by atoms with Crippen LogP contribution in [0.1, 0.15) is 39.2 Å². The van der Waals surface area contributed by atoms with Crippen molar-refractivity contribution < 1.29 is 8.42 Å². The van der Waals surface area contributed by atoms with Crippen LogP contribution in [0.5, 0.6) is 0 Å². The molecule has 0 unspecified atom stereocenters. The predicted molar refractivity (Wildman–Crippen MR) is 78.9 cm³/mol. The molecule has 0 amide bonds. The van der Waals surface area contributed by atoms with Crippen molar-refractivity contribution in [2.45, 2.75) is 49.7 Å². The third-order valence-electron chi connectivity index (χ3n) is 3.46. The maximum absolute atomic E-state index is 12.5. The lowest BCUT2D eigenvalue weighted by Gasteiger charge is -2.28. The number of sulfonamides is 1. The molecule has 1 aromatic rings. The van der Waals surface area contributed by atoms with Crippen LogP contribution < -0.4 is 4.72 Å². The average Bonchev–Trinajstić information content (AvgIpc) is 2.97. The highest BCUT2D eigenvalue weighted by Gasteiger charge is 2.35. The Bertz CT molecular complexity index is 606. The normalized spacial score (nSPS) is 17.8. The topological polar surface area (TPSA) is 64.0 Å². The minimum Gasteiger partial charge on any atom is -0.269 e. The van der Waals surface area contributed by atoms with Crippen LogP contribution in [0.2, 0.25) is 0 Å². The highest BCUT2D eigenvalue weighted by atomic mass is 32.2. The van der Waals surface area contributed by atoms with Crippen LogP contribution in [0.15, 0.2) is 42.1 Å². The summed E-state index contributed by atoms with van der Waals surface area (Å²) in [6, 6.07) is 1.67. The first-order chi connectivity index (χ1) is 9.38. The Labute approximate surface area is 120 Å². The minimum atomic E-state index is -3.61. The summed E-state index contributed by atoms with van der Waals surface area (Å²) < 4.78 is 29.4. The van der Waals surface area contributed by atoms with Crippen LogP contribution >= 0.6 is 0 Å². The SMILES string of the molecule is C=CCC1(NS(=O)(=O)c2ccn(C(C)C)n2)CC=CC1. The van der Waals surface area contributed by atoms with Gasteiger partial charge in [-0.2, -0.15) is 5.10 Å². The van der Waals surface area contributed by atoms with Gasteiger partial charge in [-0.25, -0.2) is 13.1 Å². The third kappa shape index (κ3) is 3.02. The van der Waals surface area contributed by atoms with E-state index in [2.05, 4.69) is 16.4 Å². The first-order valence-electron chi connectivity index (χ1n) is 6.74. The van der Waals surface area contributed by atoms with Gasteiger partial charge in [0, 0.05) is 17.8 Å². The molecule has 1 N–H and O–H groups in total. The summed E-state index contributed by atoms with van der Waals surface area (Å²) in [4.78, 5) is 0. The molecule has 0 aromatic carbocycles. The van der Waals surface area contributed by atoms with E-state index in [4.69, 9.17) is 0 Å². The van der Waals surface area contributed by atoms with E-state index in [0.29, 0.717) is 19.3 Å². The monoisotopic (exact) mass is 295 g/mol. The van der Waals surface area contributed by atoms with Gasteiger partial charge in [0.15, 0.2) is 5.03 Å². The van der Waals surface area contributed by atoms with Crippen LogP contribution in [0.25, 0.3) is 0 Å². The van der Waals surface area contributed by atoms with Crippen LogP contribution in [0.4, 0.5) is 0 Å². The Kier molecular flexibility index (Phi) is 4.15. The Morgan fingerprint density at radius 1 is 1.50 bits per heavy atom. The number of hydrogen-bond acceptors (Lipinski definition) is 3. The van der Waals surface area contributed by atoms with Gasteiger partial charge in [-0.15, -0.1) is 6.58 Å². The molecule has 0 aliphatic heterocycles. The second kappa shape index (κ2) is 5.54. The van der Waals surface area contributed by atoms with Gasteiger partial charge in [0.1, 0.15) is 0 Å². The maximum atomic E-state index is 12.5. The van der Waals surface area contributed by atoms with Gasteiger partial charge in [0.25, 0.3) is 10.0 Å². The number of hydrogen-bond donors (Lipinski definition) is 1. The molecule has 0 spiro atoms. The lowest BCUT2D eigenvalue weighted by atomic mass is 9.94. The summed E-state index contributed by atoms with van der Waals surface area (Å²) in [6.07, 6.45) is 9.41. The van der Waals surface area contributed by atoms with E-state index in [1.807, 2.05) is 26.0 Å². The number of nitrogens with zero attached hydrogens (tertiary/aromatic N) is 2. The fraction of sp³-hybridized carbons (Fsp3) is 0.500. The smallest absolute Gasteiger partial charge is 0.260 e. The molecule has 1 aromatic heterocycles. The van der Waals surface area contributed by atoms with E-state index in [1.165, 1.54) is 6.07 Å². The molecule has 2 rings (SSSR count). The number of rotatable bonds is 6. The lowest BCUT2D eigenvalue weighted by molar-refractivity contribution is 0.405. The molecule has 5 nitrogen and oxygen atoms in total. The molecule has 6 heteroatoms. The quantitative estimate of drug-likeness (QED) is 0.820. The number of nitrogens with one attached hydrogen (secondary N) is 1. The summed E-state index contributed by atoms with van der Waals surface area (Å²) >= 11 is 0. The van der Waals surface area contributed by atoms with Crippen LogP contribution in [-0.2, 0) is 10.0 Å². The first-order valence-corrected chi connectivity index (χ1v) is 8.22. The van der Waals surface area contributed by atoms with Crippen molar-refractivity contribution in [2.24, 2.45) is 0 Å². The van der Waals surface area contributed by atoms with E-state index in [-0.39, 0.29) is 11.1 Å².